The number of hydrogen-bond acceptors (Lipinski definition) is 6. The number of ether oxygens (including phenoxy) is 2. The maximum Gasteiger partial charge on any atom is 0.230 e. The first kappa shape index (κ1) is 20.5. The third kappa shape index (κ3) is 4.76. The lowest BCUT2D eigenvalue weighted by Gasteiger charge is -2.25. The normalized spacial score (nSPS) is 14.1. The van der Waals surface area contributed by atoms with Crippen LogP contribution < -0.4 is 14.8 Å². The second kappa shape index (κ2) is 8.82. The third-order valence-corrected chi connectivity index (χ3v) is 5.70. The summed E-state index contributed by atoms with van der Waals surface area (Å²) >= 11 is 1.36. The fourth-order valence-electron chi connectivity index (χ4n) is 3.04. The third-order valence-electron chi connectivity index (χ3n) is 4.85. The zero-order chi connectivity index (χ0) is 20.3. The van der Waals surface area contributed by atoms with Gasteiger partial charge in [-0.3, -0.25) is 4.79 Å². The zero-order valence-corrected chi connectivity index (χ0v) is 17.9. The van der Waals surface area contributed by atoms with Crippen molar-refractivity contribution in [1.29, 1.82) is 0 Å². The van der Waals surface area contributed by atoms with E-state index in [9.17, 15) is 4.79 Å². The highest BCUT2D eigenvalue weighted by Gasteiger charge is 2.21. The van der Waals surface area contributed by atoms with Crippen LogP contribution in [0, 0.1) is 26.7 Å². The predicted octanol–water partition coefficient (Wildman–Crippen LogP) is 3.78. The molecule has 0 saturated carbocycles. The largest absolute Gasteiger partial charge is 0.486 e. The minimum Gasteiger partial charge on any atom is -0.486 e. The van der Waals surface area contributed by atoms with E-state index in [2.05, 4.69) is 29.1 Å². The summed E-state index contributed by atoms with van der Waals surface area (Å²) in [5, 5.41) is 3.77. The summed E-state index contributed by atoms with van der Waals surface area (Å²) in [6.45, 7) is 11.2. The van der Waals surface area contributed by atoms with Gasteiger partial charge in [-0.25, -0.2) is 9.97 Å². The molecule has 1 aromatic heterocycles. The Morgan fingerprint density at radius 2 is 1.75 bits per heavy atom. The van der Waals surface area contributed by atoms with Crippen molar-refractivity contribution in [3.05, 3.63) is 40.7 Å². The molecule has 0 spiro atoms. The lowest BCUT2D eigenvalue weighted by molar-refractivity contribution is -0.119. The Morgan fingerprint density at radius 3 is 2.39 bits per heavy atom. The molecule has 1 aliphatic rings. The summed E-state index contributed by atoms with van der Waals surface area (Å²) in [7, 11) is 0. The van der Waals surface area contributed by atoms with E-state index in [1.165, 1.54) is 11.8 Å². The van der Waals surface area contributed by atoms with E-state index in [4.69, 9.17) is 9.47 Å². The smallest absolute Gasteiger partial charge is 0.230 e. The molecule has 0 unspecified atom stereocenters. The second-order valence-electron chi connectivity index (χ2n) is 7.28. The van der Waals surface area contributed by atoms with E-state index >= 15 is 0 Å². The van der Waals surface area contributed by atoms with E-state index in [-0.39, 0.29) is 23.6 Å². The summed E-state index contributed by atoms with van der Waals surface area (Å²) in [5.74, 6) is 1.95. The quantitative estimate of drug-likeness (QED) is 0.587. The van der Waals surface area contributed by atoms with E-state index < -0.39 is 0 Å². The highest BCUT2D eigenvalue weighted by atomic mass is 32.2. The summed E-state index contributed by atoms with van der Waals surface area (Å²) in [5.41, 5.74) is 4.00. The van der Waals surface area contributed by atoms with Gasteiger partial charge < -0.3 is 14.8 Å². The van der Waals surface area contributed by atoms with Crippen LogP contribution in [0.15, 0.2) is 23.4 Å². The number of hydrogen-bond donors (Lipinski definition) is 1. The number of nitrogens with one attached hydrogen (secondary N) is 1. The van der Waals surface area contributed by atoms with Crippen LogP contribution in [0.1, 0.15) is 42.4 Å². The Balaban J connectivity index is 1.66. The first-order valence-corrected chi connectivity index (χ1v) is 10.5. The van der Waals surface area contributed by atoms with Gasteiger partial charge >= 0.3 is 0 Å². The number of nitrogens with zero attached hydrogens (tertiary/aromatic N) is 2. The number of amides is 1. The molecule has 1 aromatic carbocycles. The van der Waals surface area contributed by atoms with Crippen LogP contribution >= 0.6 is 11.8 Å². The maximum absolute atomic E-state index is 12.6. The Labute approximate surface area is 170 Å². The fraction of sp³-hybridized carbons (Fsp3) is 0.476. The highest BCUT2D eigenvalue weighted by molar-refractivity contribution is 7.99. The zero-order valence-electron chi connectivity index (χ0n) is 17.0. The van der Waals surface area contributed by atoms with Gasteiger partial charge in [-0.15, -0.1) is 0 Å². The van der Waals surface area contributed by atoms with E-state index in [0.717, 1.165) is 34.0 Å². The Hall–Kier alpha value is -2.28. The van der Waals surface area contributed by atoms with Gasteiger partial charge in [0.05, 0.1) is 11.8 Å². The lowest BCUT2D eigenvalue weighted by atomic mass is 9.95. The van der Waals surface area contributed by atoms with Gasteiger partial charge in [0, 0.05) is 11.4 Å². The average molecular weight is 402 g/mol. The van der Waals surface area contributed by atoms with Gasteiger partial charge in [-0.2, -0.15) is 0 Å². The van der Waals surface area contributed by atoms with Crippen LogP contribution in [-0.2, 0) is 4.79 Å². The van der Waals surface area contributed by atoms with Crippen LogP contribution in [-0.4, -0.2) is 34.8 Å². The number of fused-ring (bicyclic) bond motifs is 1. The van der Waals surface area contributed by atoms with Crippen molar-refractivity contribution in [2.75, 3.05) is 19.0 Å². The molecule has 1 atom stereocenters. The molecular weight excluding hydrogens is 374 g/mol. The minimum atomic E-state index is -0.105. The van der Waals surface area contributed by atoms with Gasteiger partial charge in [0.2, 0.25) is 5.91 Å². The van der Waals surface area contributed by atoms with Crippen LogP contribution in [0.5, 0.6) is 11.5 Å². The van der Waals surface area contributed by atoms with Crippen molar-refractivity contribution in [3.63, 3.8) is 0 Å². The number of carbonyl (C=O) groups excluding carboxylic acids is 1. The van der Waals surface area contributed by atoms with Gasteiger partial charge in [-0.05, 0) is 49.9 Å². The SMILES string of the molecule is Cc1nc(SCC(=O)N[C@@H](c2ccc3c(c2)OCCO3)C(C)C)nc(C)c1C. The van der Waals surface area contributed by atoms with Gasteiger partial charge in [0.1, 0.15) is 13.2 Å². The molecule has 28 heavy (non-hydrogen) atoms. The summed E-state index contributed by atoms with van der Waals surface area (Å²) in [6.07, 6.45) is 0. The molecule has 0 aliphatic carbocycles. The topological polar surface area (TPSA) is 73.3 Å². The average Bonchev–Trinajstić information content (AvgIpc) is 2.68. The number of carbonyl (C=O) groups is 1. The molecule has 1 aliphatic heterocycles. The Kier molecular flexibility index (Phi) is 6.44. The standard InChI is InChI=1S/C21H27N3O3S/c1-12(2)20(16-6-7-17-18(10-16)27-9-8-26-17)24-19(25)11-28-21-22-14(4)13(3)15(5)23-21/h6-7,10,12,20H,8-9,11H2,1-5H3,(H,24,25)/t20-/m1/s1. The molecular formula is C21H27N3O3S. The minimum absolute atomic E-state index is 0.0435. The summed E-state index contributed by atoms with van der Waals surface area (Å²) < 4.78 is 11.3. The van der Waals surface area contributed by atoms with Gasteiger partial charge in [-0.1, -0.05) is 31.7 Å². The summed E-state index contributed by atoms with van der Waals surface area (Å²) in [6, 6.07) is 5.75. The molecule has 7 heteroatoms. The van der Waals surface area contributed by atoms with Gasteiger partial charge in [0.15, 0.2) is 16.7 Å². The molecule has 3 rings (SSSR count). The number of aromatic nitrogens is 2. The highest BCUT2D eigenvalue weighted by Crippen LogP contribution is 2.34. The molecule has 1 amide bonds. The van der Waals surface area contributed by atoms with Crippen molar-refractivity contribution in [2.24, 2.45) is 5.92 Å². The number of benzene rings is 1. The molecule has 0 saturated heterocycles. The fourth-order valence-corrected chi connectivity index (χ4v) is 3.79. The number of rotatable bonds is 6. The van der Waals surface area contributed by atoms with Crippen molar-refractivity contribution >= 4 is 17.7 Å². The Morgan fingerprint density at radius 1 is 1.11 bits per heavy atom. The molecule has 0 bridgehead atoms. The van der Waals surface area contributed by atoms with Crippen LogP contribution in [0.3, 0.4) is 0 Å². The lowest BCUT2D eigenvalue weighted by Crippen LogP contribution is -2.33. The monoisotopic (exact) mass is 401 g/mol. The maximum atomic E-state index is 12.6. The molecule has 150 valence electrons. The van der Waals surface area contributed by atoms with Crippen LogP contribution in [0.25, 0.3) is 0 Å². The molecule has 1 N–H and O–H groups in total. The van der Waals surface area contributed by atoms with Gasteiger partial charge in [0.25, 0.3) is 0 Å². The van der Waals surface area contributed by atoms with E-state index in [0.29, 0.717) is 18.4 Å². The number of thioether (sulfide) groups is 1. The van der Waals surface area contributed by atoms with E-state index in [1.807, 2.05) is 39.0 Å². The van der Waals surface area contributed by atoms with Crippen LogP contribution in [0.4, 0.5) is 0 Å². The number of aryl methyl sites for hydroxylation is 2. The molecule has 6 nitrogen and oxygen atoms in total. The second-order valence-corrected chi connectivity index (χ2v) is 8.23. The molecule has 2 heterocycles. The predicted molar refractivity (Wildman–Crippen MR) is 110 cm³/mol. The first-order chi connectivity index (χ1) is 13.3. The first-order valence-electron chi connectivity index (χ1n) is 9.48. The molecule has 0 fully saturated rings. The van der Waals surface area contributed by atoms with E-state index in [1.54, 1.807) is 0 Å². The molecule has 0 radical (unpaired) electrons. The van der Waals surface area contributed by atoms with Crippen LogP contribution in [0.2, 0.25) is 0 Å². The molecule has 2 aromatic rings. The van der Waals surface area contributed by atoms with Crippen molar-refractivity contribution < 1.29 is 14.3 Å². The summed E-state index contributed by atoms with van der Waals surface area (Å²) in [4.78, 5) is 21.5. The van der Waals surface area contributed by atoms with Crippen molar-refractivity contribution in [3.8, 4) is 11.5 Å². The Bertz CT molecular complexity index is 847. The van der Waals surface area contributed by atoms with Crippen molar-refractivity contribution in [1.82, 2.24) is 15.3 Å². The van der Waals surface area contributed by atoms with Crippen molar-refractivity contribution in [2.45, 2.75) is 45.8 Å².